The average Bonchev–Trinajstić information content (AvgIpc) is 2.89. The molecule has 7 heteroatoms. The second-order valence-corrected chi connectivity index (χ2v) is 5.35. The van der Waals surface area contributed by atoms with E-state index in [1.54, 1.807) is 12.1 Å². The van der Waals surface area contributed by atoms with Crippen LogP contribution in [0.1, 0.15) is 21.5 Å². The van der Waals surface area contributed by atoms with Gasteiger partial charge in [-0.1, -0.05) is 0 Å². The molecule has 2 aromatic rings. The number of hydrogen-bond donors (Lipinski definition) is 3. The lowest BCUT2D eigenvalue weighted by Gasteiger charge is -2.12. The van der Waals surface area contributed by atoms with E-state index in [1.165, 1.54) is 26.4 Å². The minimum Gasteiger partial charge on any atom is -0.508 e. The molecular weight excluding hydrogens is 328 g/mol. The molecule has 1 aliphatic heterocycles. The van der Waals surface area contributed by atoms with Crippen LogP contribution in [0.15, 0.2) is 30.0 Å². The lowest BCUT2D eigenvalue weighted by atomic mass is 10.1. The highest BCUT2D eigenvalue weighted by Gasteiger charge is 2.31. The summed E-state index contributed by atoms with van der Waals surface area (Å²) in [6, 6.07) is 5.58. The summed E-state index contributed by atoms with van der Waals surface area (Å²) >= 11 is 0. The number of fused-ring (bicyclic) bond motifs is 1. The van der Waals surface area contributed by atoms with Crippen molar-refractivity contribution in [2.24, 2.45) is 0 Å². The summed E-state index contributed by atoms with van der Waals surface area (Å²) in [5, 5.41) is 28.8. The Kier molecular flexibility index (Phi) is 4.24. The van der Waals surface area contributed by atoms with Gasteiger partial charge in [0, 0.05) is 17.7 Å². The maximum atomic E-state index is 12.4. The van der Waals surface area contributed by atoms with Gasteiger partial charge in [-0.2, -0.15) is 0 Å². The summed E-state index contributed by atoms with van der Waals surface area (Å²) in [5.41, 5.74) is 1.02. The van der Waals surface area contributed by atoms with Gasteiger partial charge in [0.15, 0.2) is 17.3 Å². The number of aromatic hydroxyl groups is 2. The third-order valence-corrected chi connectivity index (χ3v) is 3.78. The molecule has 0 fully saturated rings. The first kappa shape index (κ1) is 16.7. The molecule has 3 N–H and O–H groups in total. The van der Waals surface area contributed by atoms with E-state index in [0.717, 1.165) is 6.07 Å². The second kappa shape index (κ2) is 6.37. The highest BCUT2D eigenvalue weighted by molar-refractivity contribution is 6.16. The number of aliphatic hydroxyl groups is 1. The first-order chi connectivity index (χ1) is 12.0. The number of ether oxygens (including phenoxy) is 3. The molecule has 0 unspecified atom stereocenters. The molecule has 1 heterocycles. The summed E-state index contributed by atoms with van der Waals surface area (Å²) in [7, 11) is 2.93. The van der Waals surface area contributed by atoms with Gasteiger partial charge in [-0.15, -0.1) is 0 Å². The van der Waals surface area contributed by atoms with Crippen LogP contribution in [-0.4, -0.2) is 35.3 Å². The van der Waals surface area contributed by atoms with Crippen molar-refractivity contribution in [3.8, 4) is 28.7 Å². The monoisotopic (exact) mass is 344 g/mol. The molecule has 0 aromatic heterocycles. The maximum absolute atomic E-state index is 12.4. The van der Waals surface area contributed by atoms with Crippen molar-refractivity contribution in [1.82, 2.24) is 0 Å². The average molecular weight is 344 g/mol. The van der Waals surface area contributed by atoms with Crippen molar-refractivity contribution in [1.29, 1.82) is 0 Å². The minimum absolute atomic E-state index is 0.00749. The van der Waals surface area contributed by atoms with Crippen LogP contribution in [0.2, 0.25) is 0 Å². The van der Waals surface area contributed by atoms with Crippen LogP contribution < -0.4 is 14.2 Å². The number of aliphatic hydroxyl groups excluding tert-OH is 1. The van der Waals surface area contributed by atoms with Crippen LogP contribution in [0.5, 0.6) is 28.7 Å². The van der Waals surface area contributed by atoms with Crippen molar-refractivity contribution >= 4 is 11.9 Å². The highest BCUT2D eigenvalue weighted by atomic mass is 16.5. The normalized spacial score (nSPS) is 14.4. The van der Waals surface area contributed by atoms with E-state index in [4.69, 9.17) is 14.2 Å². The molecule has 2 aromatic carbocycles. The van der Waals surface area contributed by atoms with Crippen LogP contribution >= 0.6 is 0 Å². The summed E-state index contributed by atoms with van der Waals surface area (Å²) in [5.74, 6) is -0.219. The Morgan fingerprint density at radius 3 is 2.52 bits per heavy atom. The van der Waals surface area contributed by atoms with Crippen LogP contribution in [0.25, 0.3) is 6.08 Å². The Morgan fingerprint density at radius 1 is 1.12 bits per heavy atom. The number of carbonyl (C=O) groups is 1. The van der Waals surface area contributed by atoms with E-state index in [2.05, 4.69) is 0 Å². The van der Waals surface area contributed by atoms with Crippen molar-refractivity contribution in [2.45, 2.75) is 6.61 Å². The predicted octanol–water partition coefficient (Wildman–Crippen LogP) is 2.22. The fourth-order valence-electron chi connectivity index (χ4n) is 2.70. The largest absolute Gasteiger partial charge is 0.508 e. The number of phenolic OH excluding ortho intramolecular Hbond substituents is 2. The Hall–Kier alpha value is -3.19. The smallest absolute Gasteiger partial charge is 0.235 e. The number of methoxy groups -OCH3 is 2. The molecule has 0 amide bonds. The van der Waals surface area contributed by atoms with Gasteiger partial charge < -0.3 is 29.5 Å². The fraction of sp³-hybridized carbons (Fsp3) is 0.167. The number of phenols is 2. The molecule has 0 bridgehead atoms. The molecule has 3 rings (SSSR count). The molecule has 7 nitrogen and oxygen atoms in total. The van der Waals surface area contributed by atoms with E-state index in [-0.39, 0.29) is 35.2 Å². The van der Waals surface area contributed by atoms with Crippen molar-refractivity contribution in [3.05, 3.63) is 46.7 Å². The topological polar surface area (TPSA) is 105 Å². The number of allylic oxidation sites excluding steroid dienone is 1. The van der Waals surface area contributed by atoms with E-state index in [1.807, 2.05) is 0 Å². The van der Waals surface area contributed by atoms with E-state index in [0.29, 0.717) is 22.6 Å². The van der Waals surface area contributed by atoms with Crippen LogP contribution in [0, 0.1) is 0 Å². The lowest BCUT2D eigenvalue weighted by molar-refractivity contribution is 0.101. The predicted molar refractivity (Wildman–Crippen MR) is 88.2 cm³/mol. The van der Waals surface area contributed by atoms with Gasteiger partial charge in [0.1, 0.15) is 22.8 Å². The number of Topliss-reactive ketones (excluding diaryl/α,β-unsaturated/α-hetero) is 1. The zero-order chi connectivity index (χ0) is 18.1. The van der Waals surface area contributed by atoms with E-state index >= 15 is 0 Å². The molecule has 0 saturated heterocycles. The molecule has 1 aliphatic rings. The van der Waals surface area contributed by atoms with Gasteiger partial charge in [-0.3, -0.25) is 4.79 Å². The third kappa shape index (κ3) is 2.85. The Balaban J connectivity index is 2.05. The SMILES string of the molecule is COc1cc(/C=C2\Oc3cc(O)cc(O)c3C2=O)cc(CO)c1OC. The van der Waals surface area contributed by atoms with Gasteiger partial charge in [0.05, 0.1) is 20.8 Å². The van der Waals surface area contributed by atoms with Gasteiger partial charge in [0.2, 0.25) is 5.78 Å². The Labute approximate surface area is 143 Å². The zero-order valence-corrected chi connectivity index (χ0v) is 13.6. The molecule has 130 valence electrons. The molecular formula is C18H16O7. The second-order valence-electron chi connectivity index (χ2n) is 5.35. The quantitative estimate of drug-likeness (QED) is 0.730. The van der Waals surface area contributed by atoms with Crippen LogP contribution in [0.4, 0.5) is 0 Å². The summed E-state index contributed by atoms with van der Waals surface area (Å²) < 4.78 is 15.9. The number of ketones is 1. The first-order valence-electron chi connectivity index (χ1n) is 7.34. The maximum Gasteiger partial charge on any atom is 0.235 e. The lowest BCUT2D eigenvalue weighted by Crippen LogP contribution is -2.00. The van der Waals surface area contributed by atoms with Crippen LogP contribution in [-0.2, 0) is 6.61 Å². The molecule has 25 heavy (non-hydrogen) atoms. The number of benzene rings is 2. The molecule has 0 radical (unpaired) electrons. The highest BCUT2D eigenvalue weighted by Crippen LogP contribution is 2.41. The van der Waals surface area contributed by atoms with Crippen molar-refractivity contribution in [2.75, 3.05) is 14.2 Å². The fourth-order valence-corrected chi connectivity index (χ4v) is 2.70. The van der Waals surface area contributed by atoms with E-state index in [9.17, 15) is 20.1 Å². The van der Waals surface area contributed by atoms with Gasteiger partial charge >= 0.3 is 0 Å². The minimum atomic E-state index is -0.507. The molecule has 0 saturated carbocycles. The van der Waals surface area contributed by atoms with Crippen molar-refractivity contribution in [3.63, 3.8) is 0 Å². The first-order valence-corrected chi connectivity index (χ1v) is 7.34. The number of carbonyl (C=O) groups excluding carboxylic acids is 1. The van der Waals surface area contributed by atoms with Crippen LogP contribution in [0.3, 0.4) is 0 Å². The Bertz CT molecular complexity index is 858. The number of rotatable bonds is 4. The third-order valence-electron chi connectivity index (χ3n) is 3.78. The summed E-state index contributed by atoms with van der Waals surface area (Å²) in [6.07, 6.45) is 1.46. The standard InChI is InChI=1S/C18H16O7/c1-23-15-5-9(3-10(8-19)18(15)24-2)4-14-17(22)16-12(21)6-11(20)7-13(16)25-14/h3-7,19-21H,8H2,1-2H3/b14-4-. The summed E-state index contributed by atoms with van der Waals surface area (Å²) in [6.45, 7) is -0.278. The van der Waals surface area contributed by atoms with Gasteiger partial charge in [-0.05, 0) is 23.8 Å². The molecule has 0 aliphatic carbocycles. The molecule has 0 atom stereocenters. The van der Waals surface area contributed by atoms with E-state index < -0.39 is 5.78 Å². The van der Waals surface area contributed by atoms with Gasteiger partial charge in [-0.25, -0.2) is 0 Å². The summed E-state index contributed by atoms with van der Waals surface area (Å²) in [4.78, 5) is 12.4. The van der Waals surface area contributed by atoms with Gasteiger partial charge in [0.25, 0.3) is 0 Å². The number of hydrogen-bond acceptors (Lipinski definition) is 7. The molecule has 0 spiro atoms. The Morgan fingerprint density at radius 2 is 1.88 bits per heavy atom. The zero-order valence-electron chi connectivity index (χ0n) is 13.6. The van der Waals surface area contributed by atoms with Crippen molar-refractivity contribution < 1.29 is 34.3 Å².